The first-order valence-corrected chi connectivity index (χ1v) is 10.7. The number of aryl methyl sites for hydroxylation is 1. The fourth-order valence-corrected chi connectivity index (χ4v) is 4.04. The molecule has 32 heavy (non-hydrogen) atoms. The van der Waals surface area contributed by atoms with Crippen molar-refractivity contribution in [3.05, 3.63) is 89.5 Å². The number of hydrogen-bond donors (Lipinski definition) is 2. The van der Waals surface area contributed by atoms with Gasteiger partial charge in [0.2, 0.25) is 5.91 Å². The van der Waals surface area contributed by atoms with Crippen LogP contribution in [-0.2, 0) is 17.6 Å². The van der Waals surface area contributed by atoms with E-state index in [1.807, 2.05) is 73.7 Å². The van der Waals surface area contributed by atoms with Crippen molar-refractivity contribution in [2.75, 3.05) is 23.9 Å². The van der Waals surface area contributed by atoms with Crippen molar-refractivity contribution in [3.8, 4) is 5.75 Å². The Bertz CT molecular complexity index is 1110. The highest BCUT2D eigenvalue weighted by Crippen LogP contribution is 2.29. The highest BCUT2D eigenvalue weighted by molar-refractivity contribution is 6.02. The van der Waals surface area contributed by atoms with Gasteiger partial charge in [-0.2, -0.15) is 0 Å². The summed E-state index contributed by atoms with van der Waals surface area (Å²) in [6.07, 6.45) is 1.21. The second kappa shape index (κ2) is 9.56. The van der Waals surface area contributed by atoms with E-state index in [1.54, 1.807) is 18.1 Å². The molecule has 6 heteroatoms. The van der Waals surface area contributed by atoms with E-state index in [2.05, 4.69) is 10.6 Å². The molecular formula is C26H27N3O3. The molecule has 0 saturated carbocycles. The maximum absolute atomic E-state index is 13.5. The van der Waals surface area contributed by atoms with Crippen LogP contribution < -0.4 is 20.3 Å². The third-order valence-corrected chi connectivity index (χ3v) is 5.64. The summed E-state index contributed by atoms with van der Waals surface area (Å²) < 4.78 is 5.35. The van der Waals surface area contributed by atoms with Crippen molar-refractivity contribution >= 4 is 23.3 Å². The minimum atomic E-state index is -0.709. The number of amides is 3. The number of nitrogens with one attached hydrogen (secondary N) is 2. The van der Waals surface area contributed by atoms with Crippen molar-refractivity contribution in [1.82, 2.24) is 5.32 Å². The number of rotatable bonds is 6. The molecule has 1 heterocycles. The van der Waals surface area contributed by atoms with Gasteiger partial charge in [-0.1, -0.05) is 54.6 Å². The number of anilines is 2. The van der Waals surface area contributed by atoms with Crippen LogP contribution in [-0.4, -0.2) is 31.6 Å². The summed E-state index contributed by atoms with van der Waals surface area (Å²) in [5.41, 5.74) is 4.59. The SMILES string of the molecule is COc1ccc(C)cc1NC(=O)N[C@H](Cc1ccccc1)C(=O)N1CCc2ccccc21. The van der Waals surface area contributed by atoms with Gasteiger partial charge in [-0.05, 0) is 48.2 Å². The van der Waals surface area contributed by atoms with Gasteiger partial charge in [0.15, 0.2) is 0 Å². The standard InChI is InChI=1S/C26H27N3O3/c1-18-12-13-24(32-2)21(16-18)27-26(31)28-22(17-19-8-4-3-5-9-19)25(30)29-15-14-20-10-6-7-11-23(20)29/h3-13,16,22H,14-15,17H2,1-2H3,(H2,27,28,31)/t22-/m1/s1. The number of ether oxygens (including phenoxy) is 1. The first-order chi connectivity index (χ1) is 15.5. The van der Waals surface area contributed by atoms with Gasteiger partial charge in [0.25, 0.3) is 0 Å². The predicted molar refractivity (Wildman–Crippen MR) is 126 cm³/mol. The lowest BCUT2D eigenvalue weighted by Crippen LogP contribution is -2.50. The third-order valence-electron chi connectivity index (χ3n) is 5.64. The Hall–Kier alpha value is -3.80. The van der Waals surface area contributed by atoms with Crippen LogP contribution >= 0.6 is 0 Å². The van der Waals surface area contributed by atoms with Crippen molar-refractivity contribution < 1.29 is 14.3 Å². The fraction of sp³-hybridized carbons (Fsp3) is 0.231. The zero-order valence-corrected chi connectivity index (χ0v) is 18.3. The first-order valence-electron chi connectivity index (χ1n) is 10.7. The number of methoxy groups -OCH3 is 1. The van der Waals surface area contributed by atoms with E-state index < -0.39 is 12.1 Å². The zero-order valence-electron chi connectivity index (χ0n) is 18.3. The lowest BCUT2D eigenvalue weighted by atomic mass is 10.0. The van der Waals surface area contributed by atoms with E-state index in [0.29, 0.717) is 24.4 Å². The number of hydrogen-bond acceptors (Lipinski definition) is 3. The van der Waals surface area contributed by atoms with Crippen LogP contribution in [0.4, 0.5) is 16.2 Å². The van der Waals surface area contributed by atoms with Crippen molar-refractivity contribution in [3.63, 3.8) is 0 Å². The lowest BCUT2D eigenvalue weighted by Gasteiger charge is -2.25. The molecule has 0 radical (unpaired) electrons. The monoisotopic (exact) mass is 429 g/mol. The number of carbonyl (C=O) groups excluding carboxylic acids is 2. The summed E-state index contributed by atoms with van der Waals surface area (Å²) in [5.74, 6) is 0.440. The number of para-hydroxylation sites is 1. The number of fused-ring (bicyclic) bond motifs is 1. The van der Waals surface area contributed by atoms with Gasteiger partial charge in [-0.25, -0.2) is 4.79 Å². The lowest BCUT2D eigenvalue weighted by molar-refractivity contribution is -0.120. The quantitative estimate of drug-likeness (QED) is 0.613. The Morgan fingerprint density at radius 2 is 1.78 bits per heavy atom. The predicted octanol–water partition coefficient (Wildman–Crippen LogP) is 4.33. The topological polar surface area (TPSA) is 70.7 Å². The van der Waals surface area contributed by atoms with Gasteiger partial charge in [0.05, 0.1) is 12.8 Å². The summed E-state index contributed by atoms with van der Waals surface area (Å²) in [7, 11) is 1.56. The molecular weight excluding hydrogens is 402 g/mol. The highest BCUT2D eigenvalue weighted by atomic mass is 16.5. The third kappa shape index (κ3) is 4.75. The maximum atomic E-state index is 13.5. The molecule has 2 N–H and O–H groups in total. The van der Waals surface area contributed by atoms with Gasteiger partial charge in [-0.15, -0.1) is 0 Å². The Morgan fingerprint density at radius 3 is 2.56 bits per heavy atom. The van der Waals surface area contributed by atoms with E-state index in [0.717, 1.165) is 28.8 Å². The smallest absolute Gasteiger partial charge is 0.320 e. The van der Waals surface area contributed by atoms with Crippen molar-refractivity contribution in [1.29, 1.82) is 0 Å². The molecule has 1 atom stereocenters. The van der Waals surface area contributed by atoms with Crippen LogP contribution in [0.3, 0.4) is 0 Å². The molecule has 3 aromatic carbocycles. The minimum absolute atomic E-state index is 0.120. The molecule has 3 aromatic rings. The van der Waals surface area contributed by atoms with Gasteiger partial charge in [0, 0.05) is 18.7 Å². The molecule has 3 amide bonds. The normalized spacial score (nSPS) is 13.2. The Labute approximate surface area is 188 Å². The maximum Gasteiger partial charge on any atom is 0.320 e. The van der Waals surface area contributed by atoms with Gasteiger partial charge >= 0.3 is 6.03 Å². The number of benzene rings is 3. The van der Waals surface area contributed by atoms with E-state index in [9.17, 15) is 9.59 Å². The van der Waals surface area contributed by atoms with Crippen LogP contribution in [0, 0.1) is 6.92 Å². The van der Waals surface area contributed by atoms with Crippen molar-refractivity contribution in [2.24, 2.45) is 0 Å². The Morgan fingerprint density at radius 1 is 1.03 bits per heavy atom. The Kier molecular flexibility index (Phi) is 6.40. The molecule has 0 fully saturated rings. The van der Waals surface area contributed by atoms with Gasteiger partial charge in [0.1, 0.15) is 11.8 Å². The summed E-state index contributed by atoms with van der Waals surface area (Å²) in [4.78, 5) is 28.2. The van der Waals surface area contributed by atoms with Gasteiger partial charge in [-0.3, -0.25) is 4.79 Å². The van der Waals surface area contributed by atoms with Gasteiger partial charge < -0.3 is 20.3 Å². The molecule has 0 spiro atoms. The molecule has 0 aliphatic carbocycles. The van der Waals surface area contributed by atoms with Crippen LogP contribution in [0.5, 0.6) is 5.75 Å². The number of carbonyl (C=O) groups is 2. The zero-order chi connectivity index (χ0) is 22.5. The summed E-state index contributed by atoms with van der Waals surface area (Å²) in [6.45, 7) is 2.55. The molecule has 0 saturated heterocycles. The molecule has 1 aliphatic heterocycles. The molecule has 0 aromatic heterocycles. The molecule has 4 rings (SSSR count). The van der Waals surface area contributed by atoms with Crippen LogP contribution in [0.15, 0.2) is 72.8 Å². The number of nitrogens with zero attached hydrogens (tertiary/aromatic N) is 1. The summed E-state index contributed by atoms with van der Waals surface area (Å²) >= 11 is 0. The molecule has 0 unspecified atom stereocenters. The van der Waals surface area contributed by atoms with E-state index in [-0.39, 0.29) is 5.91 Å². The average Bonchev–Trinajstić information content (AvgIpc) is 3.23. The highest BCUT2D eigenvalue weighted by Gasteiger charge is 2.31. The first kappa shape index (κ1) is 21.4. The summed E-state index contributed by atoms with van der Waals surface area (Å²) in [6, 6.07) is 22.0. The van der Waals surface area contributed by atoms with E-state index >= 15 is 0 Å². The van der Waals surface area contributed by atoms with E-state index in [1.165, 1.54) is 0 Å². The van der Waals surface area contributed by atoms with Crippen LogP contribution in [0.25, 0.3) is 0 Å². The fourth-order valence-electron chi connectivity index (χ4n) is 4.04. The molecule has 0 bridgehead atoms. The number of urea groups is 1. The molecule has 6 nitrogen and oxygen atoms in total. The second-order valence-corrected chi connectivity index (χ2v) is 7.91. The van der Waals surface area contributed by atoms with Crippen LogP contribution in [0.2, 0.25) is 0 Å². The second-order valence-electron chi connectivity index (χ2n) is 7.91. The average molecular weight is 430 g/mol. The van der Waals surface area contributed by atoms with Crippen molar-refractivity contribution in [2.45, 2.75) is 25.8 Å². The molecule has 1 aliphatic rings. The molecule has 164 valence electrons. The van der Waals surface area contributed by atoms with E-state index in [4.69, 9.17) is 4.74 Å². The largest absolute Gasteiger partial charge is 0.495 e. The minimum Gasteiger partial charge on any atom is -0.495 e. The Balaban J connectivity index is 1.55. The van der Waals surface area contributed by atoms with Crippen LogP contribution in [0.1, 0.15) is 16.7 Å². The summed E-state index contributed by atoms with van der Waals surface area (Å²) in [5, 5.41) is 5.73.